The van der Waals surface area contributed by atoms with Crippen LogP contribution < -0.4 is 16.0 Å². The molecule has 2 aromatic carbocycles. The number of halogens is 1. The van der Waals surface area contributed by atoms with Crippen LogP contribution in [0.2, 0.25) is 5.02 Å². The summed E-state index contributed by atoms with van der Waals surface area (Å²) in [5, 5.41) is 17.9. The van der Waals surface area contributed by atoms with Crippen LogP contribution in [-0.2, 0) is 27.3 Å². The molecule has 0 aliphatic carbocycles. The number of rotatable bonds is 8. The lowest BCUT2D eigenvalue weighted by atomic mass is 9.93. The highest BCUT2D eigenvalue weighted by Crippen LogP contribution is 2.22. The van der Waals surface area contributed by atoms with Crippen molar-refractivity contribution >= 4 is 29.4 Å². The van der Waals surface area contributed by atoms with Crippen molar-refractivity contribution in [3.8, 4) is 0 Å². The molecule has 2 atom stereocenters. The third-order valence-corrected chi connectivity index (χ3v) is 5.38. The molecule has 1 aliphatic rings. The van der Waals surface area contributed by atoms with Crippen molar-refractivity contribution < 1.29 is 19.5 Å². The second-order valence-corrected chi connectivity index (χ2v) is 7.71. The first kappa shape index (κ1) is 21.8. The van der Waals surface area contributed by atoms with E-state index in [1.54, 1.807) is 24.3 Å². The van der Waals surface area contributed by atoms with Gasteiger partial charge in [-0.1, -0.05) is 48.0 Å². The topological polar surface area (TPSA) is 108 Å². The molecule has 3 rings (SSSR count). The van der Waals surface area contributed by atoms with Gasteiger partial charge in [0, 0.05) is 30.5 Å². The molecular weight excluding hydrogens is 406 g/mol. The van der Waals surface area contributed by atoms with E-state index in [9.17, 15) is 14.4 Å². The van der Waals surface area contributed by atoms with E-state index in [0.717, 1.165) is 11.1 Å². The summed E-state index contributed by atoms with van der Waals surface area (Å²) in [7, 11) is 0. The number of amides is 2. The van der Waals surface area contributed by atoms with Gasteiger partial charge >= 0.3 is 5.97 Å². The molecular formula is C22H24ClN3O4. The molecule has 1 heterocycles. The van der Waals surface area contributed by atoms with Gasteiger partial charge < -0.3 is 21.1 Å². The van der Waals surface area contributed by atoms with Crippen molar-refractivity contribution in [2.45, 2.75) is 31.3 Å². The van der Waals surface area contributed by atoms with E-state index in [0.29, 0.717) is 18.0 Å². The molecule has 1 unspecified atom stereocenters. The Labute approximate surface area is 179 Å². The Kier molecular flexibility index (Phi) is 7.43. The fraction of sp³-hybridized carbons (Fsp3) is 0.318. The fourth-order valence-corrected chi connectivity index (χ4v) is 3.63. The van der Waals surface area contributed by atoms with Gasteiger partial charge in [-0.05, 0) is 35.2 Å². The first-order valence-electron chi connectivity index (χ1n) is 9.74. The van der Waals surface area contributed by atoms with Crippen LogP contribution >= 0.6 is 11.6 Å². The van der Waals surface area contributed by atoms with Crippen LogP contribution in [0.5, 0.6) is 0 Å². The summed E-state index contributed by atoms with van der Waals surface area (Å²) in [5.41, 5.74) is 3.18. The number of carbonyl (C=O) groups excluding carboxylic acids is 2. The van der Waals surface area contributed by atoms with Crippen LogP contribution in [0.3, 0.4) is 0 Å². The minimum Gasteiger partial charge on any atom is -0.480 e. The minimum atomic E-state index is -1.11. The number of aliphatic carboxylic acids is 1. The van der Waals surface area contributed by atoms with Crippen molar-refractivity contribution in [2.24, 2.45) is 0 Å². The maximum absolute atomic E-state index is 12.7. The number of hydrogen-bond acceptors (Lipinski definition) is 4. The van der Waals surface area contributed by atoms with Gasteiger partial charge in [0.1, 0.15) is 6.54 Å². The normalized spacial score (nSPS) is 16.2. The lowest BCUT2D eigenvalue weighted by Crippen LogP contribution is -2.48. The quantitative estimate of drug-likeness (QED) is 0.512. The van der Waals surface area contributed by atoms with Crippen molar-refractivity contribution in [1.82, 2.24) is 16.0 Å². The van der Waals surface area contributed by atoms with Gasteiger partial charge in [-0.15, -0.1) is 0 Å². The predicted molar refractivity (Wildman–Crippen MR) is 113 cm³/mol. The van der Waals surface area contributed by atoms with Crippen LogP contribution in [0.4, 0.5) is 0 Å². The summed E-state index contributed by atoms with van der Waals surface area (Å²) in [4.78, 5) is 35.6. The molecule has 30 heavy (non-hydrogen) atoms. The fourth-order valence-electron chi connectivity index (χ4n) is 3.50. The average Bonchev–Trinajstić information content (AvgIpc) is 2.75. The molecule has 8 heteroatoms. The van der Waals surface area contributed by atoms with Crippen LogP contribution in [0, 0.1) is 0 Å². The molecule has 0 saturated heterocycles. The van der Waals surface area contributed by atoms with Crippen LogP contribution in [0.25, 0.3) is 0 Å². The smallest absolute Gasteiger partial charge is 0.322 e. The number of nitrogens with one attached hydrogen (secondary N) is 3. The number of hydrogen-bond donors (Lipinski definition) is 4. The second-order valence-electron chi connectivity index (χ2n) is 7.27. The molecule has 1 aliphatic heterocycles. The van der Waals surface area contributed by atoms with Gasteiger partial charge in [0.05, 0.1) is 6.04 Å². The average molecular weight is 430 g/mol. The Morgan fingerprint density at radius 3 is 2.47 bits per heavy atom. The Bertz CT molecular complexity index is 917. The van der Waals surface area contributed by atoms with Gasteiger partial charge in [-0.3, -0.25) is 14.4 Å². The minimum absolute atomic E-state index is 0.0517. The monoisotopic (exact) mass is 429 g/mol. The summed E-state index contributed by atoms with van der Waals surface area (Å²) in [6.45, 7) is 0.442. The van der Waals surface area contributed by atoms with Crippen molar-refractivity contribution in [2.75, 3.05) is 13.1 Å². The number of carboxylic acids is 1. The van der Waals surface area contributed by atoms with Crippen molar-refractivity contribution in [1.29, 1.82) is 0 Å². The van der Waals surface area contributed by atoms with Gasteiger partial charge in [0.25, 0.3) is 0 Å². The van der Waals surface area contributed by atoms with Gasteiger partial charge in [-0.2, -0.15) is 0 Å². The van der Waals surface area contributed by atoms with Crippen molar-refractivity contribution in [3.05, 3.63) is 70.2 Å². The zero-order chi connectivity index (χ0) is 21.5. The third-order valence-electron chi connectivity index (χ3n) is 5.13. The van der Waals surface area contributed by atoms with Gasteiger partial charge in [0.15, 0.2) is 0 Å². The number of carbonyl (C=O) groups is 3. The van der Waals surface area contributed by atoms with E-state index in [2.05, 4.69) is 16.0 Å². The third kappa shape index (κ3) is 6.05. The number of benzene rings is 2. The first-order chi connectivity index (χ1) is 14.4. The Morgan fingerprint density at radius 1 is 1.07 bits per heavy atom. The predicted octanol–water partition coefficient (Wildman–Crippen LogP) is 1.85. The van der Waals surface area contributed by atoms with Crippen molar-refractivity contribution in [3.63, 3.8) is 0 Å². The second kappa shape index (κ2) is 10.2. The van der Waals surface area contributed by atoms with E-state index >= 15 is 0 Å². The zero-order valence-corrected chi connectivity index (χ0v) is 17.1. The maximum Gasteiger partial charge on any atom is 0.322 e. The van der Waals surface area contributed by atoms with Gasteiger partial charge in [-0.25, -0.2) is 0 Å². The molecule has 0 fully saturated rings. The van der Waals surface area contributed by atoms with Crippen LogP contribution in [0.1, 0.15) is 29.0 Å². The molecule has 0 bridgehead atoms. The molecule has 2 aromatic rings. The molecule has 7 nitrogen and oxygen atoms in total. The summed E-state index contributed by atoms with van der Waals surface area (Å²) in [5.74, 6) is -1.94. The summed E-state index contributed by atoms with van der Waals surface area (Å²) in [6, 6.07) is 14.7. The Balaban J connectivity index is 1.62. The standard InChI is InChI=1S/C22H24ClN3O4/c23-18-7-5-14(6-8-18)17(10-20(27)25-13-21(28)29)12-26-22(30)19-9-15-3-1-2-4-16(15)11-24-19/h1-8,17,19,24H,9-13H2,(H,25,27)(H,26,30)(H,28,29)/t17?,19-/m0/s1. The highest BCUT2D eigenvalue weighted by molar-refractivity contribution is 6.30. The SMILES string of the molecule is O=C(O)CNC(=O)CC(CNC(=O)[C@@H]1Cc2ccccc2CN1)c1ccc(Cl)cc1. The van der Waals surface area contributed by atoms with E-state index in [1.165, 1.54) is 5.56 Å². The summed E-state index contributed by atoms with van der Waals surface area (Å²) < 4.78 is 0. The zero-order valence-electron chi connectivity index (χ0n) is 16.4. The lowest BCUT2D eigenvalue weighted by Gasteiger charge is -2.26. The van der Waals surface area contributed by atoms with E-state index < -0.39 is 18.4 Å². The summed E-state index contributed by atoms with van der Waals surface area (Å²) >= 11 is 5.95. The van der Waals surface area contributed by atoms with E-state index in [1.807, 2.05) is 24.3 Å². The first-order valence-corrected chi connectivity index (χ1v) is 10.1. The molecule has 0 aromatic heterocycles. The maximum atomic E-state index is 12.7. The molecule has 2 amide bonds. The van der Waals surface area contributed by atoms with E-state index in [4.69, 9.17) is 16.7 Å². The van der Waals surface area contributed by atoms with Crippen LogP contribution in [0.15, 0.2) is 48.5 Å². The molecule has 4 N–H and O–H groups in total. The largest absolute Gasteiger partial charge is 0.480 e. The Hall–Kier alpha value is -2.90. The highest BCUT2D eigenvalue weighted by Gasteiger charge is 2.25. The molecule has 158 valence electrons. The lowest BCUT2D eigenvalue weighted by molar-refractivity contribution is -0.138. The Morgan fingerprint density at radius 2 is 1.77 bits per heavy atom. The molecule has 0 spiro atoms. The van der Waals surface area contributed by atoms with Gasteiger partial charge in [0.2, 0.25) is 11.8 Å². The number of carboxylic acid groups (broad SMARTS) is 1. The molecule has 0 saturated carbocycles. The van der Waals surface area contributed by atoms with Crippen LogP contribution in [-0.4, -0.2) is 42.0 Å². The summed E-state index contributed by atoms with van der Waals surface area (Å²) in [6.07, 6.45) is 0.656. The molecule has 0 radical (unpaired) electrons. The van der Waals surface area contributed by atoms with E-state index in [-0.39, 0.29) is 30.8 Å². The number of fused-ring (bicyclic) bond motifs is 1. The highest BCUT2D eigenvalue weighted by atomic mass is 35.5.